The molecule has 28 heavy (non-hydrogen) atoms. The SMILES string of the molecule is Cc1ncc(-c2ncc3nc(OCCc4c[nH]c5ccc(F)cc45)sc3n2)s1. The molecule has 9 heteroatoms. The fourth-order valence-corrected chi connectivity index (χ4v) is 4.47. The maximum absolute atomic E-state index is 13.5. The van der Waals surface area contributed by atoms with Crippen LogP contribution < -0.4 is 4.74 Å². The highest BCUT2D eigenvalue weighted by Crippen LogP contribution is 2.29. The van der Waals surface area contributed by atoms with E-state index in [1.165, 1.54) is 23.5 Å². The number of hydrogen-bond acceptors (Lipinski definition) is 7. The van der Waals surface area contributed by atoms with E-state index in [0.717, 1.165) is 31.2 Å². The van der Waals surface area contributed by atoms with Gasteiger partial charge in [-0.15, -0.1) is 11.3 Å². The first kappa shape index (κ1) is 17.2. The molecule has 0 fully saturated rings. The van der Waals surface area contributed by atoms with Crippen molar-refractivity contribution in [2.45, 2.75) is 13.3 Å². The molecule has 1 N–H and O–H groups in total. The van der Waals surface area contributed by atoms with Crippen LogP contribution in [0.3, 0.4) is 0 Å². The van der Waals surface area contributed by atoms with Crippen LogP contribution in [-0.4, -0.2) is 31.5 Å². The van der Waals surface area contributed by atoms with Crippen molar-refractivity contribution in [3.8, 4) is 15.9 Å². The van der Waals surface area contributed by atoms with Gasteiger partial charge in [0.15, 0.2) is 10.7 Å². The summed E-state index contributed by atoms with van der Waals surface area (Å²) in [6, 6.07) is 4.73. The number of nitrogens with zero attached hydrogens (tertiary/aromatic N) is 4. The number of aromatic nitrogens is 5. The van der Waals surface area contributed by atoms with Crippen molar-refractivity contribution in [3.63, 3.8) is 0 Å². The monoisotopic (exact) mass is 411 g/mol. The van der Waals surface area contributed by atoms with Crippen LogP contribution in [0.2, 0.25) is 0 Å². The third kappa shape index (κ3) is 3.23. The second-order valence-electron chi connectivity index (χ2n) is 6.21. The summed E-state index contributed by atoms with van der Waals surface area (Å²) in [7, 11) is 0. The second-order valence-corrected chi connectivity index (χ2v) is 8.38. The topological polar surface area (TPSA) is 76.6 Å². The van der Waals surface area contributed by atoms with E-state index in [9.17, 15) is 4.39 Å². The van der Waals surface area contributed by atoms with Gasteiger partial charge in [0.1, 0.15) is 11.3 Å². The molecule has 0 saturated heterocycles. The van der Waals surface area contributed by atoms with Gasteiger partial charge in [-0.3, -0.25) is 0 Å². The molecule has 140 valence electrons. The number of nitrogens with one attached hydrogen (secondary N) is 1. The fraction of sp³-hybridized carbons (Fsp3) is 0.158. The molecule has 0 bridgehead atoms. The molecule has 6 nitrogen and oxygen atoms in total. The molecule has 5 rings (SSSR count). The van der Waals surface area contributed by atoms with Crippen molar-refractivity contribution >= 4 is 43.9 Å². The summed E-state index contributed by atoms with van der Waals surface area (Å²) in [5, 5.41) is 2.40. The first-order valence-electron chi connectivity index (χ1n) is 8.60. The lowest BCUT2D eigenvalue weighted by Gasteiger charge is -2.01. The van der Waals surface area contributed by atoms with Crippen LogP contribution in [0.25, 0.3) is 32.0 Å². The normalized spacial score (nSPS) is 11.5. The molecule has 0 saturated carbocycles. The summed E-state index contributed by atoms with van der Waals surface area (Å²) in [6.45, 7) is 2.39. The van der Waals surface area contributed by atoms with Gasteiger partial charge in [-0.25, -0.2) is 19.3 Å². The van der Waals surface area contributed by atoms with Crippen molar-refractivity contribution < 1.29 is 9.13 Å². The van der Waals surface area contributed by atoms with Gasteiger partial charge in [0, 0.05) is 29.7 Å². The minimum Gasteiger partial charge on any atom is -0.470 e. The minimum absolute atomic E-state index is 0.244. The van der Waals surface area contributed by atoms with E-state index < -0.39 is 0 Å². The number of thiazole rings is 2. The maximum atomic E-state index is 13.5. The highest BCUT2D eigenvalue weighted by Gasteiger charge is 2.12. The molecule has 0 spiro atoms. The van der Waals surface area contributed by atoms with Crippen molar-refractivity contribution in [1.29, 1.82) is 0 Å². The Morgan fingerprint density at radius 1 is 1.14 bits per heavy atom. The van der Waals surface area contributed by atoms with Gasteiger partial charge in [0.05, 0.1) is 22.7 Å². The number of aromatic amines is 1. The number of benzene rings is 1. The van der Waals surface area contributed by atoms with E-state index in [1.54, 1.807) is 29.8 Å². The van der Waals surface area contributed by atoms with E-state index in [0.29, 0.717) is 29.6 Å². The average molecular weight is 411 g/mol. The predicted molar refractivity (Wildman–Crippen MR) is 109 cm³/mol. The Balaban J connectivity index is 1.31. The molecule has 0 atom stereocenters. The molecule has 4 heterocycles. The Bertz CT molecular complexity index is 1290. The van der Waals surface area contributed by atoms with Crippen LogP contribution in [-0.2, 0) is 6.42 Å². The molecule has 0 amide bonds. The van der Waals surface area contributed by atoms with Crippen LogP contribution in [0.5, 0.6) is 5.19 Å². The highest BCUT2D eigenvalue weighted by molar-refractivity contribution is 7.19. The first-order valence-corrected chi connectivity index (χ1v) is 10.2. The van der Waals surface area contributed by atoms with E-state index in [1.807, 2.05) is 13.1 Å². The van der Waals surface area contributed by atoms with Crippen molar-refractivity contribution in [2.24, 2.45) is 0 Å². The van der Waals surface area contributed by atoms with Crippen LogP contribution in [0, 0.1) is 12.7 Å². The van der Waals surface area contributed by atoms with E-state index in [-0.39, 0.29) is 5.82 Å². The standard InChI is InChI=1S/C19H14FN5OS2/c1-10-21-9-16(27-10)17-23-8-15-18(25-17)28-19(24-15)26-5-4-11-7-22-14-3-2-12(20)6-13(11)14/h2-3,6-9,22H,4-5H2,1H3. The zero-order valence-electron chi connectivity index (χ0n) is 14.8. The van der Waals surface area contributed by atoms with Gasteiger partial charge >= 0.3 is 0 Å². The van der Waals surface area contributed by atoms with Crippen LogP contribution >= 0.6 is 22.7 Å². The molecule has 0 unspecified atom stereocenters. The van der Waals surface area contributed by atoms with Crippen LogP contribution in [0.15, 0.2) is 36.8 Å². The van der Waals surface area contributed by atoms with E-state index in [4.69, 9.17) is 4.74 Å². The van der Waals surface area contributed by atoms with Gasteiger partial charge in [-0.2, -0.15) is 4.98 Å². The molecule has 0 aliphatic rings. The van der Waals surface area contributed by atoms with E-state index >= 15 is 0 Å². The zero-order valence-corrected chi connectivity index (χ0v) is 16.4. The summed E-state index contributed by atoms with van der Waals surface area (Å²) in [6.07, 6.45) is 6.03. The number of aryl methyl sites for hydroxylation is 1. The second kappa shape index (κ2) is 6.92. The zero-order chi connectivity index (χ0) is 19.1. The van der Waals surface area contributed by atoms with Gasteiger partial charge in [0.2, 0.25) is 0 Å². The van der Waals surface area contributed by atoms with Crippen molar-refractivity contribution in [2.75, 3.05) is 6.61 Å². The minimum atomic E-state index is -0.244. The Kier molecular flexibility index (Phi) is 4.25. The lowest BCUT2D eigenvalue weighted by atomic mass is 10.1. The van der Waals surface area contributed by atoms with Gasteiger partial charge in [0.25, 0.3) is 5.19 Å². The van der Waals surface area contributed by atoms with Gasteiger partial charge in [-0.05, 0) is 30.7 Å². The fourth-order valence-electron chi connectivity index (χ4n) is 2.97. The number of ether oxygens (including phenoxy) is 1. The molecular formula is C19H14FN5OS2. The third-order valence-corrected chi connectivity index (χ3v) is 6.09. The number of H-pyrrole nitrogens is 1. The lowest BCUT2D eigenvalue weighted by Crippen LogP contribution is -2.00. The number of halogens is 1. The lowest BCUT2D eigenvalue weighted by molar-refractivity contribution is 0.321. The van der Waals surface area contributed by atoms with Crippen molar-refractivity contribution in [3.05, 3.63) is 53.2 Å². The molecule has 0 aliphatic heterocycles. The number of fused-ring (bicyclic) bond motifs is 2. The largest absolute Gasteiger partial charge is 0.470 e. The van der Waals surface area contributed by atoms with Crippen LogP contribution in [0.1, 0.15) is 10.6 Å². The summed E-state index contributed by atoms with van der Waals surface area (Å²) in [5.74, 6) is 0.403. The Morgan fingerprint density at radius 2 is 2.07 bits per heavy atom. The van der Waals surface area contributed by atoms with Gasteiger partial charge in [-0.1, -0.05) is 11.3 Å². The molecular weight excluding hydrogens is 397 g/mol. The summed E-state index contributed by atoms with van der Waals surface area (Å²) >= 11 is 2.95. The Labute approximate surface area is 167 Å². The van der Waals surface area contributed by atoms with Gasteiger partial charge < -0.3 is 9.72 Å². The summed E-state index contributed by atoms with van der Waals surface area (Å²) in [5.41, 5.74) is 2.63. The van der Waals surface area contributed by atoms with Crippen molar-refractivity contribution in [1.82, 2.24) is 24.9 Å². The summed E-state index contributed by atoms with van der Waals surface area (Å²) < 4.78 is 19.3. The number of rotatable bonds is 5. The molecule has 4 aromatic heterocycles. The third-order valence-electron chi connectivity index (χ3n) is 4.30. The molecule has 1 aromatic carbocycles. The first-order chi connectivity index (χ1) is 13.7. The molecule has 0 aliphatic carbocycles. The van der Waals surface area contributed by atoms with Crippen LogP contribution in [0.4, 0.5) is 4.39 Å². The Hall–Kier alpha value is -2.91. The quantitative estimate of drug-likeness (QED) is 0.451. The Morgan fingerprint density at radius 3 is 2.93 bits per heavy atom. The predicted octanol–water partition coefficient (Wildman–Crippen LogP) is 4.76. The number of hydrogen-bond donors (Lipinski definition) is 1. The van der Waals surface area contributed by atoms with E-state index in [2.05, 4.69) is 24.9 Å². The maximum Gasteiger partial charge on any atom is 0.275 e. The highest BCUT2D eigenvalue weighted by atomic mass is 32.1. The smallest absolute Gasteiger partial charge is 0.275 e. The molecule has 0 radical (unpaired) electrons. The average Bonchev–Trinajstić information content (AvgIpc) is 3.39. The summed E-state index contributed by atoms with van der Waals surface area (Å²) in [4.78, 5) is 22.5. The molecule has 5 aromatic rings.